The zero-order chi connectivity index (χ0) is 17.7. The van der Waals surface area contributed by atoms with Crippen molar-refractivity contribution >= 4 is 29.1 Å². The quantitative estimate of drug-likeness (QED) is 0.803. The summed E-state index contributed by atoms with van der Waals surface area (Å²) in [7, 11) is 1.58. The summed E-state index contributed by atoms with van der Waals surface area (Å²) < 4.78 is 11.0. The first-order chi connectivity index (χ1) is 11.4. The maximum Gasteiger partial charge on any atom is 0.253 e. The summed E-state index contributed by atoms with van der Waals surface area (Å²) in [6.07, 6.45) is 0.0523. The second-order valence-corrected chi connectivity index (χ2v) is 6.30. The van der Waals surface area contributed by atoms with Crippen molar-refractivity contribution < 1.29 is 14.3 Å². The maximum atomic E-state index is 12.2. The van der Waals surface area contributed by atoms with E-state index in [0.29, 0.717) is 33.7 Å². The van der Waals surface area contributed by atoms with Crippen molar-refractivity contribution in [3.8, 4) is 11.5 Å². The third-order valence-corrected chi connectivity index (χ3v) is 3.77. The van der Waals surface area contributed by atoms with Gasteiger partial charge in [-0.3, -0.25) is 4.79 Å². The van der Waals surface area contributed by atoms with Crippen LogP contribution in [0.5, 0.6) is 11.5 Å². The Balaban J connectivity index is 2.07. The molecule has 0 atom stereocenters. The molecule has 0 aliphatic heterocycles. The van der Waals surface area contributed by atoms with Gasteiger partial charge in [0.25, 0.3) is 5.91 Å². The van der Waals surface area contributed by atoms with Crippen LogP contribution in [-0.2, 0) is 6.54 Å². The minimum Gasteiger partial charge on any atom is -0.493 e. The summed E-state index contributed by atoms with van der Waals surface area (Å²) in [5.74, 6) is 1.03. The second-order valence-electron chi connectivity index (χ2n) is 5.46. The van der Waals surface area contributed by atoms with Gasteiger partial charge in [-0.15, -0.1) is 0 Å². The second kappa shape index (κ2) is 8.27. The molecular formula is C18H19Cl2NO3. The predicted molar refractivity (Wildman–Crippen MR) is 96.4 cm³/mol. The minimum atomic E-state index is -0.266. The number of hydrogen-bond acceptors (Lipinski definition) is 3. The molecular weight excluding hydrogens is 349 g/mol. The van der Waals surface area contributed by atoms with E-state index in [-0.39, 0.29) is 12.0 Å². The first-order valence-corrected chi connectivity index (χ1v) is 8.23. The van der Waals surface area contributed by atoms with Gasteiger partial charge in [0.1, 0.15) is 0 Å². The van der Waals surface area contributed by atoms with Crippen molar-refractivity contribution in [2.24, 2.45) is 0 Å². The van der Waals surface area contributed by atoms with E-state index < -0.39 is 0 Å². The number of carbonyl (C=O) groups excluding carboxylic acids is 1. The van der Waals surface area contributed by atoms with Crippen LogP contribution >= 0.6 is 23.2 Å². The van der Waals surface area contributed by atoms with Gasteiger partial charge in [0, 0.05) is 11.6 Å². The highest BCUT2D eigenvalue weighted by molar-refractivity contribution is 6.36. The Bertz CT molecular complexity index is 732. The average molecular weight is 368 g/mol. The van der Waals surface area contributed by atoms with Crippen molar-refractivity contribution in [1.29, 1.82) is 0 Å². The highest BCUT2D eigenvalue weighted by Crippen LogP contribution is 2.29. The van der Waals surface area contributed by atoms with Gasteiger partial charge >= 0.3 is 0 Å². The van der Waals surface area contributed by atoms with Crippen LogP contribution in [0.4, 0.5) is 0 Å². The molecule has 0 aliphatic carbocycles. The van der Waals surface area contributed by atoms with E-state index in [1.54, 1.807) is 25.3 Å². The molecule has 2 aromatic carbocycles. The standard InChI is InChI=1S/C18H19Cl2NO3/c1-11(2)24-16-7-4-12(8-17(16)23-3)10-21-18(22)14-6-5-13(19)9-15(14)20/h4-9,11H,10H2,1-3H3,(H,21,22). The minimum absolute atomic E-state index is 0.0523. The fraction of sp³-hybridized carbons (Fsp3) is 0.278. The number of benzene rings is 2. The highest BCUT2D eigenvalue weighted by atomic mass is 35.5. The summed E-state index contributed by atoms with van der Waals surface area (Å²) in [5.41, 5.74) is 1.27. The van der Waals surface area contributed by atoms with Crippen LogP contribution in [0.25, 0.3) is 0 Å². The van der Waals surface area contributed by atoms with Gasteiger partial charge in [-0.1, -0.05) is 29.3 Å². The molecule has 0 bridgehead atoms. The Kier molecular flexibility index (Phi) is 6.35. The Labute approximate surface area is 151 Å². The SMILES string of the molecule is COc1cc(CNC(=O)c2ccc(Cl)cc2Cl)ccc1OC(C)C. The van der Waals surface area contributed by atoms with Crippen molar-refractivity contribution in [3.63, 3.8) is 0 Å². The summed E-state index contributed by atoms with van der Waals surface area (Å²) in [4.78, 5) is 12.2. The summed E-state index contributed by atoms with van der Waals surface area (Å²) in [6, 6.07) is 10.3. The maximum absolute atomic E-state index is 12.2. The van der Waals surface area contributed by atoms with Gasteiger partial charge in [-0.05, 0) is 49.7 Å². The van der Waals surface area contributed by atoms with Crippen LogP contribution in [0.1, 0.15) is 29.8 Å². The Morgan fingerprint density at radius 2 is 1.88 bits per heavy atom. The fourth-order valence-corrected chi connectivity index (χ4v) is 2.62. The summed E-state index contributed by atoms with van der Waals surface area (Å²) in [5, 5.41) is 3.63. The van der Waals surface area contributed by atoms with Crippen LogP contribution in [0, 0.1) is 0 Å². The van der Waals surface area contributed by atoms with Gasteiger partial charge < -0.3 is 14.8 Å². The number of ether oxygens (including phenoxy) is 2. The first-order valence-electron chi connectivity index (χ1n) is 7.47. The monoisotopic (exact) mass is 367 g/mol. The fourth-order valence-electron chi connectivity index (χ4n) is 2.12. The molecule has 0 radical (unpaired) electrons. The third kappa shape index (κ3) is 4.79. The smallest absolute Gasteiger partial charge is 0.253 e. The van der Waals surface area contributed by atoms with Crippen LogP contribution in [-0.4, -0.2) is 19.1 Å². The lowest BCUT2D eigenvalue weighted by Gasteiger charge is -2.15. The molecule has 128 valence electrons. The highest BCUT2D eigenvalue weighted by Gasteiger charge is 2.12. The van der Waals surface area contributed by atoms with E-state index in [1.165, 1.54) is 0 Å². The van der Waals surface area contributed by atoms with Gasteiger partial charge in [0.05, 0.1) is 23.8 Å². The summed E-state index contributed by atoms with van der Waals surface area (Å²) in [6.45, 7) is 4.24. The van der Waals surface area contributed by atoms with E-state index in [1.807, 2.05) is 32.0 Å². The number of halogens is 2. The molecule has 0 heterocycles. The molecule has 1 amide bonds. The van der Waals surface area contributed by atoms with E-state index in [0.717, 1.165) is 5.56 Å². The zero-order valence-corrected chi connectivity index (χ0v) is 15.2. The van der Waals surface area contributed by atoms with E-state index in [4.69, 9.17) is 32.7 Å². The van der Waals surface area contributed by atoms with Crippen molar-refractivity contribution in [2.45, 2.75) is 26.5 Å². The third-order valence-electron chi connectivity index (χ3n) is 3.22. The topological polar surface area (TPSA) is 47.6 Å². The van der Waals surface area contributed by atoms with Crippen LogP contribution in [0.15, 0.2) is 36.4 Å². The molecule has 1 N–H and O–H groups in total. The first kappa shape index (κ1) is 18.4. The molecule has 2 rings (SSSR count). The Morgan fingerprint density at radius 1 is 1.12 bits per heavy atom. The van der Waals surface area contributed by atoms with Crippen molar-refractivity contribution in [3.05, 3.63) is 57.6 Å². The number of carbonyl (C=O) groups is 1. The molecule has 6 heteroatoms. The van der Waals surface area contributed by atoms with Gasteiger partial charge in [-0.25, -0.2) is 0 Å². The molecule has 0 spiro atoms. The Morgan fingerprint density at radius 3 is 2.50 bits per heavy atom. The van der Waals surface area contributed by atoms with Crippen molar-refractivity contribution in [1.82, 2.24) is 5.32 Å². The van der Waals surface area contributed by atoms with Crippen LogP contribution in [0.2, 0.25) is 10.0 Å². The van der Waals surface area contributed by atoms with Crippen LogP contribution in [0.3, 0.4) is 0 Å². The zero-order valence-electron chi connectivity index (χ0n) is 13.7. The largest absolute Gasteiger partial charge is 0.493 e. The lowest BCUT2D eigenvalue weighted by molar-refractivity contribution is 0.0951. The molecule has 0 saturated heterocycles. The van der Waals surface area contributed by atoms with Crippen LogP contribution < -0.4 is 14.8 Å². The molecule has 0 saturated carbocycles. The van der Waals surface area contributed by atoms with E-state index in [9.17, 15) is 4.79 Å². The number of hydrogen-bond donors (Lipinski definition) is 1. The molecule has 2 aromatic rings. The van der Waals surface area contributed by atoms with Gasteiger partial charge in [0.2, 0.25) is 0 Å². The normalized spacial score (nSPS) is 10.6. The molecule has 0 aromatic heterocycles. The molecule has 24 heavy (non-hydrogen) atoms. The predicted octanol–water partition coefficient (Wildman–Crippen LogP) is 4.72. The molecule has 0 fully saturated rings. The van der Waals surface area contributed by atoms with Crippen molar-refractivity contribution in [2.75, 3.05) is 7.11 Å². The van der Waals surface area contributed by atoms with E-state index >= 15 is 0 Å². The number of amides is 1. The number of methoxy groups -OCH3 is 1. The molecule has 0 unspecified atom stereocenters. The van der Waals surface area contributed by atoms with Gasteiger partial charge in [0.15, 0.2) is 11.5 Å². The lowest BCUT2D eigenvalue weighted by Crippen LogP contribution is -2.23. The summed E-state index contributed by atoms with van der Waals surface area (Å²) >= 11 is 11.9. The van der Waals surface area contributed by atoms with E-state index in [2.05, 4.69) is 5.32 Å². The average Bonchev–Trinajstić information content (AvgIpc) is 2.53. The van der Waals surface area contributed by atoms with Gasteiger partial charge in [-0.2, -0.15) is 0 Å². The number of rotatable bonds is 6. The Hall–Kier alpha value is -1.91. The molecule has 0 aliphatic rings. The number of nitrogens with one attached hydrogen (secondary N) is 1. The lowest BCUT2D eigenvalue weighted by atomic mass is 10.1. The molecule has 4 nitrogen and oxygen atoms in total.